The molecule has 3 amide bonds. The summed E-state index contributed by atoms with van der Waals surface area (Å²) in [4.78, 5) is 24.0. The van der Waals surface area contributed by atoms with Gasteiger partial charge in [0, 0.05) is 12.6 Å². The van der Waals surface area contributed by atoms with Crippen LogP contribution in [0.3, 0.4) is 0 Å². The van der Waals surface area contributed by atoms with Crippen LogP contribution in [0.2, 0.25) is 0 Å². The molecule has 0 spiro atoms. The summed E-state index contributed by atoms with van der Waals surface area (Å²) < 4.78 is 10.1. The molecule has 8 nitrogen and oxygen atoms in total. The molecule has 0 aromatic carbocycles. The predicted octanol–water partition coefficient (Wildman–Crippen LogP) is 3.19. The highest BCUT2D eigenvalue weighted by molar-refractivity contribution is 5.88. The van der Waals surface area contributed by atoms with Crippen LogP contribution >= 0.6 is 0 Å². The SMILES string of the molecule is CCC(CC)(CNC(=O)OC(C)(C)C)NC(=O)Nc1cc(C)on1. The Morgan fingerprint density at radius 2 is 1.88 bits per heavy atom. The quantitative estimate of drug-likeness (QED) is 0.737. The molecule has 1 rings (SSSR count). The number of hydrogen-bond acceptors (Lipinski definition) is 5. The third-order valence-corrected chi connectivity index (χ3v) is 3.57. The Kier molecular flexibility index (Phi) is 6.62. The lowest BCUT2D eigenvalue weighted by molar-refractivity contribution is 0.0509. The zero-order valence-electron chi connectivity index (χ0n) is 15.3. The smallest absolute Gasteiger partial charge is 0.407 e. The van der Waals surface area contributed by atoms with Crippen LogP contribution in [-0.4, -0.2) is 35.0 Å². The molecule has 3 N–H and O–H groups in total. The number of aryl methyl sites for hydroxylation is 1. The lowest BCUT2D eigenvalue weighted by Gasteiger charge is -2.33. The molecule has 0 aliphatic carbocycles. The van der Waals surface area contributed by atoms with Crippen molar-refractivity contribution < 1.29 is 18.8 Å². The molecule has 0 radical (unpaired) electrons. The normalized spacial score (nSPS) is 11.8. The molecule has 136 valence electrons. The molecule has 1 aromatic heterocycles. The topological polar surface area (TPSA) is 105 Å². The summed E-state index contributed by atoms with van der Waals surface area (Å²) in [5.74, 6) is 0.945. The van der Waals surface area contributed by atoms with Gasteiger partial charge in [0.2, 0.25) is 0 Å². The number of anilines is 1. The average Bonchev–Trinajstić information content (AvgIpc) is 2.87. The first-order valence-corrected chi connectivity index (χ1v) is 8.08. The van der Waals surface area contributed by atoms with E-state index in [-0.39, 0.29) is 6.54 Å². The van der Waals surface area contributed by atoms with E-state index in [1.807, 2.05) is 13.8 Å². The number of alkyl carbamates (subject to hydrolysis) is 1. The van der Waals surface area contributed by atoms with Crippen LogP contribution < -0.4 is 16.0 Å². The molecule has 1 aromatic rings. The van der Waals surface area contributed by atoms with Crippen LogP contribution in [-0.2, 0) is 4.74 Å². The minimum atomic E-state index is -0.584. The van der Waals surface area contributed by atoms with E-state index in [1.54, 1.807) is 33.8 Å². The van der Waals surface area contributed by atoms with E-state index < -0.39 is 23.3 Å². The Morgan fingerprint density at radius 1 is 1.25 bits per heavy atom. The zero-order chi connectivity index (χ0) is 18.4. The van der Waals surface area contributed by atoms with Gasteiger partial charge in [-0.15, -0.1) is 0 Å². The monoisotopic (exact) mass is 340 g/mol. The van der Waals surface area contributed by atoms with E-state index in [2.05, 4.69) is 21.1 Å². The Morgan fingerprint density at radius 3 is 2.33 bits per heavy atom. The summed E-state index contributed by atoms with van der Waals surface area (Å²) >= 11 is 0. The summed E-state index contributed by atoms with van der Waals surface area (Å²) in [5.41, 5.74) is -1.15. The molecule has 0 atom stereocenters. The molecular weight excluding hydrogens is 312 g/mol. The van der Waals surface area contributed by atoms with Gasteiger partial charge in [0.15, 0.2) is 5.82 Å². The molecule has 0 bridgehead atoms. The second-order valence-corrected chi connectivity index (χ2v) is 6.74. The number of rotatable bonds is 6. The lowest BCUT2D eigenvalue weighted by atomic mass is 9.93. The number of aromatic nitrogens is 1. The summed E-state index contributed by atoms with van der Waals surface area (Å²) in [7, 11) is 0. The van der Waals surface area contributed by atoms with Crippen molar-refractivity contribution in [1.29, 1.82) is 0 Å². The third-order valence-electron chi connectivity index (χ3n) is 3.57. The van der Waals surface area contributed by atoms with E-state index in [0.717, 1.165) is 0 Å². The van der Waals surface area contributed by atoms with Gasteiger partial charge in [-0.2, -0.15) is 0 Å². The van der Waals surface area contributed by atoms with Crippen LogP contribution in [0, 0.1) is 6.92 Å². The van der Waals surface area contributed by atoms with Crippen molar-refractivity contribution in [3.63, 3.8) is 0 Å². The molecule has 0 aliphatic rings. The molecule has 0 aliphatic heterocycles. The zero-order valence-corrected chi connectivity index (χ0v) is 15.3. The predicted molar refractivity (Wildman–Crippen MR) is 90.9 cm³/mol. The van der Waals surface area contributed by atoms with Crippen molar-refractivity contribution >= 4 is 17.9 Å². The third kappa shape index (κ3) is 6.47. The highest BCUT2D eigenvalue weighted by Crippen LogP contribution is 2.16. The molecule has 24 heavy (non-hydrogen) atoms. The van der Waals surface area contributed by atoms with Gasteiger partial charge in [-0.25, -0.2) is 9.59 Å². The van der Waals surface area contributed by atoms with Crippen molar-refractivity contribution in [3.05, 3.63) is 11.8 Å². The molecule has 0 saturated carbocycles. The average molecular weight is 340 g/mol. The molecule has 0 fully saturated rings. The first-order chi connectivity index (χ1) is 11.1. The Hall–Kier alpha value is -2.25. The van der Waals surface area contributed by atoms with Crippen molar-refractivity contribution in [2.45, 2.75) is 65.5 Å². The fraction of sp³-hybridized carbons (Fsp3) is 0.688. The van der Waals surface area contributed by atoms with Gasteiger partial charge in [0.05, 0.1) is 5.54 Å². The molecule has 0 unspecified atom stereocenters. The maximum Gasteiger partial charge on any atom is 0.407 e. The van der Waals surface area contributed by atoms with Crippen LogP contribution in [0.25, 0.3) is 0 Å². The first-order valence-electron chi connectivity index (χ1n) is 8.08. The summed E-state index contributed by atoms with van der Waals surface area (Å²) in [6.45, 7) is 11.3. The van der Waals surface area contributed by atoms with Gasteiger partial charge in [-0.1, -0.05) is 19.0 Å². The molecular formula is C16H28N4O4. The van der Waals surface area contributed by atoms with Crippen molar-refractivity contribution in [1.82, 2.24) is 15.8 Å². The van der Waals surface area contributed by atoms with E-state index in [1.165, 1.54) is 0 Å². The van der Waals surface area contributed by atoms with E-state index in [4.69, 9.17) is 9.26 Å². The number of nitrogens with one attached hydrogen (secondary N) is 3. The second kappa shape index (κ2) is 8.03. The van der Waals surface area contributed by atoms with Crippen molar-refractivity contribution in [2.24, 2.45) is 0 Å². The lowest BCUT2D eigenvalue weighted by Crippen LogP contribution is -2.56. The number of hydrogen-bond donors (Lipinski definition) is 3. The Balaban J connectivity index is 2.63. The minimum Gasteiger partial charge on any atom is -0.444 e. The number of nitrogens with zero attached hydrogens (tertiary/aromatic N) is 1. The molecule has 0 saturated heterocycles. The van der Waals surface area contributed by atoms with Crippen molar-refractivity contribution in [3.8, 4) is 0 Å². The number of amides is 3. The molecule has 1 heterocycles. The minimum absolute atomic E-state index is 0.264. The fourth-order valence-corrected chi connectivity index (χ4v) is 2.09. The maximum atomic E-state index is 12.2. The highest BCUT2D eigenvalue weighted by Gasteiger charge is 2.30. The van der Waals surface area contributed by atoms with Crippen LogP contribution in [0.1, 0.15) is 53.2 Å². The van der Waals surface area contributed by atoms with E-state index in [9.17, 15) is 9.59 Å². The largest absolute Gasteiger partial charge is 0.444 e. The summed E-state index contributed by atoms with van der Waals surface area (Å²) in [6, 6.07) is 1.22. The highest BCUT2D eigenvalue weighted by atomic mass is 16.6. The Labute approximate surface area is 142 Å². The maximum absolute atomic E-state index is 12.2. The summed E-state index contributed by atoms with van der Waals surface area (Å²) in [5, 5.41) is 12.0. The fourth-order valence-electron chi connectivity index (χ4n) is 2.09. The molecule has 8 heteroatoms. The van der Waals surface area contributed by atoms with Crippen LogP contribution in [0.4, 0.5) is 15.4 Å². The van der Waals surface area contributed by atoms with Crippen LogP contribution in [0.5, 0.6) is 0 Å². The first kappa shape index (κ1) is 19.8. The standard InChI is InChI=1S/C16H28N4O4/c1-7-16(8-2,10-17-14(22)23-15(4,5)6)19-13(21)18-12-9-11(3)24-20-12/h9H,7-8,10H2,1-6H3,(H,17,22)(H2,18,19,20,21). The van der Waals surface area contributed by atoms with Crippen LogP contribution in [0.15, 0.2) is 10.6 Å². The van der Waals surface area contributed by atoms with Gasteiger partial charge >= 0.3 is 12.1 Å². The van der Waals surface area contributed by atoms with E-state index >= 15 is 0 Å². The van der Waals surface area contributed by atoms with Gasteiger partial charge in [-0.3, -0.25) is 5.32 Å². The number of carbonyl (C=O) groups is 2. The van der Waals surface area contributed by atoms with Gasteiger partial charge in [0.1, 0.15) is 11.4 Å². The summed E-state index contributed by atoms with van der Waals surface area (Å²) in [6.07, 6.45) is 0.776. The second-order valence-electron chi connectivity index (χ2n) is 6.74. The van der Waals surface area contributed by atoms with Crippen molar-refractivity contribution in [2.75, 3.05) is 11.9 Å². The number of carbonyl (C=O) groups excluding carboxylic acids is 2. The Bertz CT molecular complexity index is 559. The van der Waals surface area contributed by atoms with Gasteiger partial charge < -0.3 is 19.9 Å². The van der Waals surface area contributed by atoms with Gasteiger partial charge in [0.25, 0.3) is 0 Å². The van der Waals surface area contributed by atoms with Gasteiger partial charge in [-0.05, 0) is 40.5 Å². The number of urea groups is 1. The van der Waals surface area contributed by atoms with E-state index in [0.29, 0.717) is 24.4 Å². The number of ether oxygens (including phenoxy) is 1.